The van der Waals surface area contributed by atoms with Crippen LogP contribution >= 0.6 is 12.6 Å². The topological polar surface area (TPSA) is 41.1 Å². The van der Waals surface area contributed by atoms with Crippen LogP contribution < -0.4 is 10.2 Å². The number of hydrogen-bond acceptors (Lipinski definition) is 5. The molecule has 2 bridgehead atoms. The minimum Gasteiger partial charge on any atom is -0.365 e. The zero-order chi connectivity index (χ0) is 14.6. The summed E-state index contributed by atoms with van der Waals surface area (Å²) in [5.74, 6) is 0.948. The van der Waals surface area contributed by atoms with Gasteiger partial charge in [-0.3, -0.25) is 4.98 Å². The van der Waals surface area contributed by atoms with E-state index in [-0.39, 0.29) is 4.87 Å². The molecule has 2 aromatic rings. The van der Waals surface area contributed by atoms with Crippen molar-refractivity contribution in [2.45, 2.75) is 25.1 Å². The third-order valence-electron chi connectivity index (χ3n) is 4.30. The first-order valence-electron chi connectivity index (χ1n) is 7.24. The Morgan fingerprint density at radius 1 is 1.33 bits per heavy atom. The molecular weight excluding hydrogens is 280 g/mol. The Hall–Kier alpha value is -1.75. The van der Waals surface area contributed by atoms with Crippen LogP contribution in [0.25, 0.3) is 11.3 Å². The number of nitrogens with zero attached hydrogens (tertiary/aromatic N) is 3. The molecule has 2 aliphatic heterocycles. The van der Waals surface area contributed by atoms with Crippen LogP contribution in [0.3, 0.4) is 0 Å². The van der Waals surface area contributed by atoms with Gasteiger partial charge >= 0.3 is 0 Å². The van der Waals surface area contributed by atoms with E-state index in [0.29, 0.717) is 0 Å². The normalized spacial score (nSPS) is 22.9. The summed E-state index contributed by atoms with van der Waals surface area (Å²) in [4.78, 5) is 11.4. The zero-order valence-electron chi connectivity index (χ0n) is 12.2. The summed E-state index contributed by atoms with van der Waals surface area (Å²) in [5, 5.41) is 3.51. The van der Waals surface area contributed by atoms with Gasteiger partial charge in [-0.1, -0.05) is 0 Å². The SMILES string of the molecule is Cc1cc(-c2nc3c(cc2C)N2CC[C@@](S)(C2)N3)ccn1. The average molecular weight is 298 g/mol. The Labute approximate surface area is 130 Å². The smallest absolute Gasteiger partial charge is 0.151 e. The number of aryl methyl sites for hydroxylation is 2. The lowest BCUT2D eigenvalue weighted by molar-refractivity contribution is 0.730. The van der Waals surface area contributed by atoms with Crippen molar-refractivity contribution in [1.82, 2.24) is 9.97 Å². The van der Waals surface area contributed by atoms with Crippen LogP contribution in [-0.2, 0) is 0 Å². The number of thiol groups is 1. The summed E-state index contributed by atoms with van der Waals surface area (Å²) in [5.41, 5.74) is 5.54. The van der Waals surface area contributed by atoms with Gasteiger partial charge in [-0.15, -0.1) is 12.6 Å². The summed E-state index contributed by atoms with van der Waals surface area (Å²) in [6.45, 7) is 6.11. The van der Waals surface area contributed by atoms with Crippen molar-refractivity contribution in [3.05, 3.63) is 35.7 Å². The van der Waals surface area contributed by atoms with Gasteiger partial charge < -0.3 is 10.2 Å². The monoisotopic (exact) mass is 298 g/mol. The first-order chi connectivity index (χ1) is 10.0. The summed E-state index contributed by atoms with van der Waals surface area (Å²) in [7, 11) is 0. The Bertz CT molecular complexity index is 730. The molecule has 0 unspecified atom stereocenters. The van der Waals surface area contributed by atoms with Gasteiger partial charge in [-0.05, 0) is 44.0 Å². The molecule has 0 aliphatic carbocycles. The van der Waals surface area contributed by atoms with E-state index < -0.39 is 0 Å². The van der Waals surface area contributed by atoms with E-state index >= 15 is 0 Å². The van der Waals surface area contributed by atoms with E-state index in [1.807, 2.05) is 19.2 Å². The lowest BCUT2D eigenvalue weighted by atomic mass is 10.1. The van der Waals surface area contributed by atoms with Crippen LogP contribution in [0.5, 0.6) is 0 Å². The van der Waals surface area contributed by atoms with Crippen molar-refractivity contribution < 1.29 is 0 Å². The van der Waals surface area contributed by atoms with Crippen LogP contribution in [0.4, 0.5) is 11.5 Å². The molecule has 1 fully saturated rings. The maximum absolute atomic E-state index is 4.88. The quantitative estimate of drug-likeness (QED) is 0.794. The van der Waals surface area contributed by atoms with Crippen molar-refractivity contribution in [3.8, 4) is 11.3 Å². The third-order valence-corrected chi connectivity index (χ3v) is 4.78. The average Bonchev–Trinajstić information content (AvgIpc) is 2.77. The standard InChI is InChI=1S/C16H18N4S/c1-10-7-13-15(19-16(21)4-6-20(13)9-16)18-14(10)12-3-5-17-11(2)8-12/h3,5,7-8,21H,4,6,9H2,1-2H3,(H,18,19)/t16-/m1/s1. The fourth-order valence-electron chi connectivity index (χ4n) is 3.24. The molecule has 0 saturated carbocycles. The van der Waals surface area contributed by atoms with Crippen molar-refractivity contribution >= 4 is 24.1 Å². The molecule has 1 saturated heterocycles. The Morgan fingerprint density at radius 2 is 2.19 bits per heavy atom. The predicted octanol–water partition coefficient (Wildman–Crippen LogP) is 3.02. The number of rotatable bonds is 1. The summed E-state index contributed by atoms with van der Waals surface area (Å²) in [6.07, 6.45) is 2.88. The summed E-state index contributed by atoms with van der Waals surface area (Å²) >= 11 is 4.78. The third kappa shape index (κ3) is 2.07. The molecule has 2 aliphatic rings. The molecule has 1 atom stereocenters. The maximum Gasteiger partial charge on any atom is 0.151 e. The number of hydrogen-bond donors (Lipinski definition) is 2. The molecule has 1 N–H and O–H groups in total. The van der Waals surface area contributed by atoms with Gasteiger partial charge in [0.05, 0.1) is 17.9 Å². The zero-order valence-corrected chi connectivity index (χ0v) is 13.1. The minimum absolute atomic E-state index is 0.138. The molecule has 4 heterocycles. The van der Waals surface area contributed by atoms with Gasteiger partial charge in [-0.2, -0.15) is 0 Å². The lowest BCUT2D eigenvalue weighted by Crippen LogP contribution is -2.40. The Morgan fingerprint density at radius 3 is 3.00 bits per heavy atom. The highest BCUT2D eigenvalue weighted by Crippen LogP contribution is 2.43. The Kier molecular flexibility index (Phi) is 2.70. The summed E-state index contributed by atoms with van der Waals surface area (Å²) < 4.78 is 0. The molecule has 0 aromatic carbocycles. The van der Waals surface area contributed by atoms with E-state index in [0.717, 1.165) is 42.3 Å². The number of fused-ring (bicyclic) bond motifs is 4. The van der Waals surface area contributed by atoms with Crippen molar-refractivity contribution in [3.63, 3.8) is 0 Å². The van der Waals surface area contributed by atoms with E-state index in [2.05, 4.69) is 34.3 Å². The molecule has 2 aromatic heterocycles. The molecule has 4 nitrogen and oxygen atoms in total. The van der Waals surface area contributed by atoms with Crippen LogP contribution in [0.15, 0.2) is 24.4 Å². The fraction of sp³-hybridized carbons (Fsp3) is 0.375. The molecule has 108 valence electrons. The van der Waals surface area contributed by atoms with Crippen LogP contribution in [0, 0.1) is 13.8 Å². The number of anilines is 2. The molecule has 0 radical (unpaired) electrons. The number of nitrogens with one attached hydrogen (secondary N) is 1. The number of aromatic nitrogens is 2. The highest BCUT2D eigenvalue weighted by atomic mass is 32.1. The van der Waals surface area contributed by atoms with E-state index in [1.165, 1.54) is 11.3 Å². The molecule has 5 heteroatoms. The second kappa shape index (κ2) is 4.37. The van der Waals surface area contributed by atoms with E-state index in [9.17, 15) is 0 Å². The predicted molar refractivity (Wildman–Crippen MR) is 89.1 cm³/mol. The maximum atomic E-state index is 4.88. The molecule has 0 amide bonds. The lowest BCUT2D eigenvalue weighted by Gasteiger charge is -2.34. The number of pyridine rings is 2. The van der Waals surface area contributed by atoms with Crippen molar-refractivity contribution in [2.75, 3.05) is 23.3 Å². The first kappa shape index (κ1) is 13.0. The van der Waals surface area contributed by atoms with Crippen molar-refractivity contribution in [1.29, 1.82) is 0 Å². The van der Waals surface area contributed by atoms with Gasteiger partial charge in [0.1, 0.15) is 4.87 Å². The largest absolute Gasteiger partial charge is 0.365 e. The van der Waals surface area contributed by atoms with E-state index in [1.54, 1.807) is 0 Å². The van der Waals surface area contributed by atoms with Crippen molar-refractivity contribution in [2.24, 2.45) is 0 Å². The molecule has 21 heavy (non-hydrogen) atoms. The second-order valence-electron chi connectivity index (χ2n) is 6.04. The van der Waals surface area contributed by atoms with Gasteiger partial charge in [0.25, 0.3) is 0 Å². The molecule has 0 spiro atoms. The first-order valence-corrected chi connectivity index (χ1v) is 7.69. The van der Waals surface area contributed by atoms with Gasteiger partial charge in [0.15, 0.2) is 5.82 Å². The minimum atomic E-state index is -0.138. The second-order valence-corrected chi connectivity index (χ2v) is 6.89. The van der Waals surface area contributed by atoms with Crippen LogP contribution in [0.1, 0.15) is 17.7 Å². The van der Waals surface area contributed by atoms with Gasteiger partial charge in [0.2, 0.25) is 0 Å². The highest BCUT2D eigenvalue weighted by Gasteiger charge is 2.41. The molecule has 4 rings (SSSR count). The highest BCUT2D eigenvalue weighted by molar-refractivity contribution is 7.82. The van der Waals surface area contributed by atoms with Gasteiger partial charge in [0, 0.05) is 24.0 Å². The molecular formula is C16H18N4S. The van der Waals surface area contributed by atoms with Gasteiger partial charge in [-0.25, -0.2) is 4.98 Å². The van der Waals surface area contributed by atoms with E-state index in [4.69, 9.17) is 17.6 Å². The van der Waals surface area contributed by atoms with Crippen LogP contribution in [-0.4, -0.2) is 27.9 Å². The fourth-order valence-corrected chi connectivity index (χ4v) is 3.62. The Balaban J connectivity index is 1.85. The van der Waals surface area contributed by atoms with Crippen LogP contribution in [0.2, 0.25) is 0 Å². The summed E-state index contributed by atoms with van der Waals surface area (Å²) in [6, 6.07) is 6.33.